The average Bonchev–Trinajstić information content (AvgIpc) is 2.38. The first-order valence-corrected chi connectivity index (χ1v) is 9.16. The molecule has 0 bridgehead atoms. The van der Waals surface area contributed by atoms with Gasteiger partial charge in [0, 0.05) is 29.3 Å². The van der Waals surface area contributed by atoms with Crippen LogP contribution in [-0.4, -0.2) is 13.2 Å². The van der Waals surface area contributed by atoms with Crippen LogP contribution >= 0.6 is 6.72 Å². The maximum Gasteiger partial charge on any atom is 0.380 e. The number of hydrogen-bond acceptors (Lipinski definition) is 6. The Morgan fingerprint density at radius 1 is 1.19 bits per heavy atom. The van der Waals surface area contributed by atoms with Gasteiger partial charge in [-0.05, 0) is 38.5 Å². The summed E-state index contributed by atoms with van der Waals surface area (Å²) in [5, 5.41) is 0.850. The molecule has 0 amide bonds. The largest absolute Gasteiger partial charge is 0.424 e. The molecule has 2 aromatic rings. The van der Waals surface area contributed by atoms with Gasteiger partial charge < -0.3 is 8.94 Å². The van der Waals surface area contributed by atoms with E-state index in [1.54, 1.807) is 12.1 Å². The van der Waals surface area contributed by atoms with Crippen LogP contribution in [0.2, 0.25) is 0 Å². The van der Waals surface area contributed by atoms with Gasteiger partial charge in [0.2, 0.25) is 0 Å². The fourth-order valence-electron chi connectivity index (χ4n) is 1.90. The van der Waals surface area contributed by atoms with Crippen molar-refractivity contribution in [3.05, 3.63) is 40.2 Å². The number of aryl methyl sites for hydroxylation is 1. The quantitative estimate of drug-likeness (QED) is 0.594. The Hall–Kier alpha value is -1.20. The first-order valence-electron chi connectivity index (χ1n) is 6.60. The predicted molar refractivity (Wildman–Crippen MR) is 85.4 cm³/mol. The summed E-state index contributed by atoms with van der Waals surface area (Å²) in [6.45, 7) is 3.48. The number of fused-ring (bicyclic) bond motifs is 1. The van der Waals surface area contributed by atoms with E-state index in [-0.39, 0.29) is 0 Å². The second kappa shape index (κ2) is 6.71. The summed E-state index contributed by atoms with van der Waals surface area (Å²) < 4.78 is 21.7. The van der Waals surface area contributed by atoms with E-state index < -0.39 is 12.3 Å². The van der Waals surface area contributed by atoms with Crippen molar-refractivity contribution in [2.24, 2.45) is 0 Å². The zero-order valence-electron chi connectivity index (χ0n) is 12.1. The van der Waals surface area contributed by atoms with Gasteiger partial charge in [0.25, 0.3) is 0 Å². The molecule has 0 aliphatic rings. The van der Waals surface area contributed by atoms with Gasteiger partial charge in [-0.3, -0.25) is 9.05 Å². The SMILES string of the molecule is CCOP(=S)(OCC)Oc1ccc2c(C)cc(=O)oc2c1. The summed E-state index contributed by atoms with van der Waals surface area (Å²) >= 11 is 5.31. The third-order valence-corrected chi connectivity index (χ3v) is 5.15. The van der Waals surface area contributed by atoms with Gasteiger partial charge in [-0.2, -0.15) is 0 Å². The maximum atomic E-state index is 11.4. The Morgan fingerprint density at radius 2 is 1.86 bits per heavy atom. The van der Waals surface area contributed by atoms with Crippen LogP contribution in [0.4, 0.5) is 0 Å². The smallest absolute Gasteiger partial charge is 0.380 e. The molecule has 2 rings (SSSR count). The van der Waals surface area contributed by atoms with Crippen molar-refractivity contribution in [2.75, 3.05) is 13.2 Å². The highest BCUT2D eigenvalue weighted by molar-refractivity contribution is 8.07. The minimum absolute atomic E-state index is 0.397. The van der Waals surface area contributed by atoms with Crippen LogP contribution in [0.15, 0.2) is 33.5 Å². The summed E-state index contributed by atoms with van der Waals surface area (Å²) in [5.74, 6) is 0.460. The lowest BCUT2D eigenvalue weighted by Crippen LogP contribution is -2.02. The molecule has 0 saturated heterocycles. The van der Waals surface area contributed by atoms with Crippen LogP contribution < -0.4 is 10.1 Å². The van der Waals surface area contributed by atoms with Crippen LogP contribution in [0.3, 0.4) is 0 Å². The maximum absolute atomic E-state index is 11.4. The van der Waals surface area contributed by atoms with E-state index in [0.717, 1.165) is 10.9 Å². The second-order valence-electron chi connectivity index (χ2n) is 4.28. The summed E-state index contributed by atoms with van der Waals surface area (Å²) in [6, 6.07) is 6.66. The first-order chi connectivity index (χ1) is 9.97. The number of benzene rings is 1. The van der Waals surface area contributed by atoms with E-state index in [9.17, 15) is 4.79 Å². The molecule has 0 unspecified atom stereocenters. The zero-order valence-corrected chi connectivity index (χ0v) is 13.8. The molecule has 0 N–H and O–H groups in total. The normalized spacial score (nSPS) is 11.8. The molecular weight excluding hydrogens is 311 g/mol. The van der Waals surface area contributed by atoms with Gasteiger partial charge in [0.15, 0.2) is 0 Å². The summed E-state index contributed by atoms with van der Waals surface area (Å²) in [5.41, 5.74) is 0.903. The van der Waals surface area contributed by atoms with E-state index in [0.29, 0.717) is 24.5 Å². The van der Waals surface area contributed by atoms with E-state index >= 15 is 0 Å². The third-order valence-electron chi connectivity index (χ3n) is 2.71. The topological polar surface area (TPSA) is 57.9 Å². The summed E-state index contributed by atoms with van der Waals surface area (Å²) in [7, 11) is 0. The van der Waals surface area contributed by atoms with Crippen LogP contribution in [0.5, 0.6) is 5.75 Å². The van der Waals surface area contributed by atoms with Crippen molar-refractivity contribution in [1.82, 2.24) is 0 Å². The molecule has 114 valence electrons. The predicted octanol–water partition coefficient (Wildman–Crippen LogP) is 3.78. The summed E-state index contributed by atoms with van der Waals surface area (Å²) in [4.78, 5) is 11.4. The van der Waals surface area contributed by atoms with Gasteiger partial charge in [-0.25, -0.2) is 4.79 Å². The third kappa shape index (κ3) is 3.92. The second-order valence-corrected chi connectivity index (χ2v) is 7.22. The minimum atomic E-state index is -2.83. The highest BCUT2D eigenvalue weighted by atomic mass is 32.5. The Morgan fingerprint density at radius 3 is 2.48 bits per heavy atom. The van der Waals surface area contributed by atoms with Crippen molar-refractivity contribution in [1.29, 1.82) is 0 Å². The van der Waals surface area contributed by atoms with Crippen molar-refractivity contribution < 1.29 is 18.0 Å². The fourth-order valence-corrected chi connectivity index (χ4v) is 3.97. The Balaban J connectivity index is 2.38. The van der Waals surface area contributed by atoms with E-state index in [4.69, 9.17) is 29.8 Å². The van der Waals surface area contributed by atoms with Crippen molar-refractivity contribution in [2.45, 2.75) is 20.8 Å². The lowest BCUT2D eigenvalue weighted by Gasteiger charge is -2.21. The number of hydrogen-bond donors (Lipinski definition) is 0. The van der Waals surface area contributed by atoms with Crippen LogP contribution in [-0.2, 0) is 20.9 Å². The average molecular weight is 328 g/mol. The van der Waals surface area contributed by atoms with Crippen molar-refractivity contribution >= 4 is 29.5 Å². The standard InChI is InChI=1S/C14H17O5PS/c1-4-16-20(21,17-5-2)19-11-6-7-12-10(3)8-14(15)18-13(12)9-11/h6-9H,4-5H2,1-3H3. The van der Waals surface area contributed by atoms with E-state index in [2.05, 4.69) is 0 Å². The van der Waals surface area contributed by atoms with Crippen LogP contribution in [0.25, 0.3) is 11.0 Å². The van der Waals surface area contributed by atoms with Gasteiger partial charge >= 0.3 is 12.3 Å². The van der Waals surface area contributed by atoms with Crippen LogP contribution in [0, 0.1) is 6.92 Å². The molecule has 1 aromatic carbocycles. The highest BCUT2D eigenvalue weighted by Crippen LogP contribution is 2.49. The van der Waals surface area contributed by atoms with Gasteiger partial charge in [-0.15, -0.1) is 0 Å². The highest BCUT2D eigenvalue weighted by Gasteiger charge is 2.21. The fraction of sp³-hybridized carbons (Fsp3) is 0.357. The van der Waals surface area contributed by atoms with Crippen molar-refractivity contribution in [3.63, 3.8) is 0 Å². The zero-order chi connectivity index (χ0) is 15.5. The van der Waals surface area contributed by atoms with E-state index in [1.165, 1.54) is 6.07 Å². The molecule has 0 aliphatic carbocycles. The van der Waals surface area contributed by atoms with Crippen LogP contribution in [0.1, 0.15) is 19.4 Å². The Labute approximate surface area is 128 Å². The molecular formula is C14H17O5PS. The lowest BCUT2D eigenvalue weighted by molar-refractivity contribution is 0.218. The molecule has 0 fully saturated rings. The molecule has 7 heteroatoms. The van der Waals surface area contributed by atoms with Crippen molar-refractivity contribution in [3.8, 4) is 5.75 Å². The van der Waals surface area contributed by atoms with Gasteiger partial charge in [0.1, 0.15) is 11.3 Å². The molecule has 0 radical (unpaired) electrons. The lowest BCUT2D eigenvalue weighted by atomic mass is 10.1. The molecule has 1 heterocycles. The minimum Gasteiger partial charge on any atom is -0.424 e. The summed E-state index contributed by atoms with van der Waals surface area (Å²) in [6.07, 6.45) is 0. The molecule has 0 aliphatic heterocycles. The van der Waals surface area contributed by atoms with E-state index in [1.807, 2.05) is 26.8 Å². The molecule has 21 heavy (non-hydrogen) atoms. The molecule has 0 atom stereocenters. The Kier molecular flexibility index (Phi) is 5.17. The molecule has 0 spiro atoms. The molecule has 5 nitrogen and oxygen atoms in total. The molecule has 0 saturated carbocycles. The monoisotopic (exact) mass is 328 g/mol. The number of rotatable bonds is 6. The van der Waals surface area contributed by atoms with Gasteiger partial charge in [0.05, 0.1) is 13.2 Å². The Bertz CT molecular complexity index is 730. The van der Waals surface area contributed by atoms with Gasteiger partial charge in [-0.1, -0.05) is 0 Å². The molecule has 1 aromatic heterocycles. The first kappa shape index (κ1) is 16.2.